The minimum absolute atomic E-state index is 0.0291. The van der Waals surface area contributed by atoms with E-state index in [1.807, 2.05) is 27.7 Å². The van der Waals surface area contributed by atoms with E-state index in [2.05, 4.69) is 5.32 Å². The molecule has 3 N–H and O–H groups in total. The van der Waals surface area contributed by atoms with Gasteiger partial charge in [0.2, 0.25) is 0 Å². The van der Waals surface area contributed by atoms with Gasteiger partial charge in [-0.1, -0.05) is 20.8 Å². The van der Waals surface area contributed by atoms with E-state index in [4.69, 9.17) is 5.11 Å². The van der Waals surface area contributed by atoms with Gasteiger partial charge in [0.25, 0.3) is 5.91 Å². The maximum Gasteiger partial charge on any atom is 0.251 e. The van der Waals surface area contributed by atoms with Crippen LogP contribution in [-0.2, 0) is 0 Å². The van der Waals surface area contributed by atoms with E-state index in [1.165, 1.54) is 6.07 Å². The molecule has 0 aromatic heterocycles. The number of amides is 1. The third-order valence-electron chi connectivity index (χ3n) is 3.09. The zero-order chi connectivity index (χ0) is 14.6. The molecule has 0 heterocycles. The molecule has 1 rings (SSSR count). The van der Waals surface area contributed by atoms with E-state index in [-0.39, 0.29) is 29.7 Å². The van der Waals surface area contributed by atoms with Gasteiger partial charge in [0.15, 0.2) is 0 Å². The number of aliphatic hydroxyl groups excluding tert-OH is 1. The lowest BCUT2D eigenvalue weighted by molar-refractivity contribution is 0.0884. The van der Waals surface area contributed by atoms with E-state index in [0.29, 0.717) is 12.0 Å². The fourth-order valence-corrected chi connectivity index (χ4v) is 1.99. The number of hydrogen-bond acceptors (Lipinski definition) is 3. The Morgan fingerprint density at radius 2 is 1.95 bits per heavy atom. The molecule has 1 aromatic carbocycles. The second kappa shape index (κ2) is 6.06. The first-order valence-electron chi connectivity index (χ1n) is 6.46. The number of benzene rings is 1. The van der Waals surface area contributed by atoms with Gasteiger partial charge in [-0.05, 0) is 42.5 Å². The number of aromatic hydroxyl groups is 1. The predicted octanol–water partition coefficient (Wildman–Crippen LogP) is 2.23. The molecule has 4 heteroatoms. The predicted molar refractivity (Wildman–Crippen MR) is 75.3 cm³/mol. The summed E-state index contributed by atoms with van der Waals surface area (Å²) in [6, 6.07) is 4.66. The Morgan fingerprint density at radius 3 is 2.42 bits per heavy atom. The van der Waals surface area contributed by atoms with Gasteiger partial charge in [-0.15, -0.1) is 0 Å². The Bertz CT molecular complexity index is 429. The van der Waals surface area contributed by atoms with Crippen molar-refractivity contribution in [1.82, 2.24) is 5.32 Å². The van der Waals surface area contributed by atoms with E-state index < -0.39 is 0 Å². The minimum Gasteiger partial charge on any atom is -0.508 e. The van der Waals surface area contributed by atoms with Crippen LogP contribution in [0.15, 0.2) is 18.2 Å². The standard InChI is InChI=1S/C15H23NO3/c1-10-7-11(9-12(18)8-10)14(19)16-13(5-6-17)15(2,3)4/h7-9,13,17-18H,5-6H2,1-4H3,(H,16,19). The highest BCUT2D eigenvalue weighted by atomic mass is 16.3. The summed E-state index contributed by atoms with van der Waals surface area (Å²) in [6.45, 7) is 7.90. The second-order valence-corrected chi connectivity index (χ2v) is 5.96. The quantitative estimate of drug-likeness (QED) is 0.782. The van der Waals surface area contributed by atoms with Crippen LogP contribution in [0.5, 0.6) is 5.75 Å². The number of nitrogens with one attached hydrogen (secondary N) is 1. The van der Waals surface area contributed by atoms with Crippen molar-refractivity contribution in [2.24, 2.45) is 5.41 Å². The van der Waals surface area contributed by atoms with E-state index in [0.717, 1.165) is 5.56 Å². The molecule has 1 aromatic rings. The molecule has 19 heavy (non-hydrogen) atoms. The third-order valence-corrected chi connectivity index (χ3v) is 3.09. The molecule has 0 bridgehead atoms. The maximum atomic E-state index is 12.2. The van der Waals surface area contributed by atoms with E-state index in [9.17, 15) is 9.90 Å². The van der Waals surface area contributed by atoms with Crippen LogP contribution in [0, 0.1) is 12.3 Å². The first-order chi connectivity index (χ1) is 8.74. The van der Waals surface area contributed by atoms with Crippen molar-refractivity contribution in [1.29, 1.82) is 0 Å². The molecule has 0 saturated carbocycles. The topological polar surface area (TPSA) is 69.6 Å². The molecule has 0 radical (unpaired) electrons. The largest absolute Gasteiger partial charge is 0.508 e. The van der Waals surface area contributed by atoms with Crippen molar-refractivity contribution >= 4 is 5.91 Å². The SMILES string of the molecule is Cc1cc(O)cc(C(=O)NC(CCO)C(C)(C)C)c1. The third kappa shape index (κ3) is 4.56. The molecule has 106 valence electrons. The summed E-state index contributed by atoms with van der Waals surface area (Å²) in [7, 11) is 0. The van der Waals surface area contributed by atoms with Crippen LogP contribution < -0.4 is 5.32 Å². The van der Waals surface area contributed by atoms with Crippen LogP contribution in [0.1, 0.15) is 43.1 Å². The Morgan fingerprint density at radius 1 is 1.32 bits per heavy atom. The van der Waals surface area contributed by atoms with Crippen LogP contribution >= 0.6 is 0 Å². The van der Waals surface area contributed by atoms with Crippen molar-refractivity contribution < 1.29 is 15.0 Å². The monoisotopic (exact) mass is 265 g/mol. The van der Waals surface area contributed by atoms with Gasteiger partial charge in [-0.2, -0.15) is 0 Å². The fourth-order valence-electron chi connectivity index (χ4n) is 1.99. The molecule has 1 amide bonds. The average molecular weight is 265 g/mol. The summed E-state index contributed by atoms with van der Waals surface area (Å²) in [6.07, 6.45) is 0.507. The Balaban J connectivity index is 2.87. The Hall–Kier alpha value is -1.55. The van der Waals surface area contributed by atoms with Crippen LogP contribution in [0.25, 0.3) is 0 Å². The van der Waals surface area contributed by atoms with Crippen molar-refractivity contribution in [2.75, 3.05) is 6.61 Å². The second-order valence-electron chi connectivity index (χ2n) is 5.96. The molecular formula is C15H23NO3. The summed E-state index contributed by atoms with van der Waals surface area (Å²) >= 11 is 0. The fraction of sp³-hybridized carbons (Fsp3) is 0.533. The van der Waals surface area contributed by atoms with Crippen LogP contribution in [-0.4, -0.2) is 28.8 Å². The van der Waals surface area contributed by atoms with E-state index >= 15 is 0 Å². The Labute approximate surface area is 114 Å². The van der Waals surface area contributed by atoms with Gasteiger partial charge in [-0.25, -0.2) is 0 Å². The zero-order valence-electron chi connectivity index (χ0n) is 12.0. The Kier molecular flexibility index (Phi) is 4.95. The number of hydrogen-bond donors (Lipinski definition) is 3. The minimum atomic E-state index is -0.229. The van der Waals surface area contributed by atoms with Gasteiger partial charge < -0.3 is 15.5 Å². The number of aliphatic hydroxyl groups is 1. The smallest absolute Gasteiger partial charge is 0.251 e. The molecular weight excluding hydrogens is 242 g/mol. The first kappa shape index (κ1) is 15.5. The first-order valence-corrected chi connectivity index (χ1v) is 6.46. The number of carbonyl (C=O) groups is 1. The molecule has 0 aliphatic rings. The lowest BCUT2D eigenvalue weighted by atomic mass is 9.84. The molecule has 4 nitrogen and oxygen atoms in total. The number of carbonyl (C=O) groups excluding carboxylic acids is 1. The molecule has 0 fully saturated rings. The van der Waals surface area contributed by atoms with Crippen molar-refractivity contribution in [3.63, 3.8) is 0 Å². The number of rotatable bonds is 4. The normalized spacial score (nSPS) is 13.1. The molecule has 1 atom stereocenters. The van der Waals surface area contributed by atoms with Crippen LogP contribution in [0.3, 0.4) is 0 Å². The zero-order valence-corrected chi connectivity index (χ0v) is 12.0. The molecule has 1 unspecified atom stereocenters. The average Bonchev–Trinajstić information content (AvgIpc) is 2.25. The summed E-state index contributed by atoms with van der Waals surface area (Å²) in [5.74, 6) is -0.146. The van der Waals surface area contributed by atoms with Gasteiger partial charge in [-0.3, -0.25) is 4.79 Å². The van der Waals surface area contributed by atoms with Gasteiger partial charge in [0, 0.05) is 18.2 Å². The number of aryl methyl sites for hydroxylation is 1. The molecule has 0 saturated heterocycles. The summed E-state index contributed by atoms with van der Waals surface area (Å²) in [5, 5.41) is 21.5. The van der Waals surface area contributed by atoms with E-state index in [1.54, 1.807) is 12.1 Å². The van der Waals surface area contributed by atoms with Gasteiger partial charge in [0.1, 0.15) is 5.75 Å². The summed E-state index contributed by atoms with van der Waals surface area (Å²) in [5.41, 5.74) is 1.13. The van der Waals surface area contributed by atoms with Gasteiger partial charge >= 0.3 is 0 Å². The lowest BCUT2D eigenvalue weighted by Crippen LogP contribution is -2.44. The van der Waals surface area contributed by atoms with Crippen molar-refractivity contribution in [3.05, 3.63) is 29.3 Å². The number of phenolic OH excluding ortho intramolecular Hbond substituents is 1. The number of phenols is 1. The van der Waals surface area contributed by atoms with Crippen molar-refractivity contribution in [2.45, 2.75) is 40.2 Å². The summed E-state index contributed by atoms with van der Waals surface area (Å²) < 4.78 is 0. The molecule has 0 spiro atoms. The molecule has 0 aliphatic carbocycles. The van der Waals surface area contributed by atoms with Crippen LogP contribution in [0.4, 0.5) is 0 Å². The highest BCUT2D eigenvalue weighted by Crippen LogP contribution is 2.22. The molecule has 0 aliphatic heterocycles. The lowest BCUT2D eigenvalue weighted by Gasteiger charge is -2.31. The van der Waals surface area contributed by atoms with Gasteiger partial charge in [0.05, 0.1) is 0 Å². The van der Waals surface area contributed by atoms with Crippen molar-refractivity contribution in [3.8, 4) is 5.75 Å². The highest BCUT2D eigenvalue weighted by molar-refractivity contribution is 5.95. The van der Waals surface area contributed by atoms with Crippen LogP contribution in [0.2, 0.25) is 0 Å². The maximum absolute atomic E-state index is 12.2. The summed E-state index contributed by atoms with van der Waals surface area (Å²) in [4.78, 5) is 12.2. The highest BCUT2D eigenvalue weighted by Gasteiger charge is 2.26.